The van der Waals surface area contributed by atoms with Gasteiger partial charge in [0.1, 0.15) is 12.8 Å². The lowest BCUT2D eigenvalue weighted by Crippen LogP contribution is -2.04. The molecular weight excluding hydrogens is 170 g/mol. The number of nitrogens with zero attached hydrogens (tertiary/aromatic N) is 1. The molecule has 1 heteroatoms. The van der Waals surface area contributed by atoms with E-state index in [-0.39, 0.29) is 0 Å². The van der Waals surface area contributed by atoms with Gasteiger partial charge < -0.3 is 0 Å². The first kappa shape index (κ1) is 9.95. The first-order valence-electron chi connectivity index (χ1n) is 6.24. The van der Waals surface area contributed by atoms with E-state index in [1.165, 1.54) is 64.3 Å². The van der Waals surface area contributed by atoms with Crippen LogP contribution in [-0.4, -0.2) is 17.3 Å². The minimum atomic E-state index is 1.22. The Morgan fingerprint density at radius 3 is 2.43 bits per heavy atom. The van der Waals surface area contributed by atoms with Gasteiger partial charge in [0.25, 0.3) is 0 Å². The van der Waals surface area contributed by atoms with E-state index < -0.39 is 0 Å². The Balaban J connectivity index is 1.87. The van der Waals surface area contributed by atoms with Crippen LogP contribution in [0.25, 0.3) is 0 Å². The fraction of sp³-hybridized carbons (Fsp3) is 0.769. The van der Waals surface area contributed by atoms with Crippen molar-refractivity contribution in [1.82, 2.24) is 0 Å². The molecule has 14 heavy (non-hydrogen) atoms. The third kappa shape index (κ3) is 2.97. The van der Waals surface area contributed by atoms with E-state index in [4.69, 9.17) is 0 Å². The van der Waals surface area contributed by atoms with Gasteiger partial charge in [-0.2, -0.15) is 0 Å². The van der Waals surface area contributed by atoms with E-state index in [1.807, 2.05) is 0 Å². The predicted octanol–water partition coefficient (Wildman–Crippen LogP) is 3.49. The van der Waals surface area contributed by atoms with Crippen LogP contribution in [0.4, 0.5) is 0 Å². The first-order valence-corrected chi connectivity index (χ1v) is 6.24. The van der Waals surface area contributed by atoms with Crippen molar-refractivity contribution < 1.29 is 4.58 Å². The SMILES string of the molecule is C1=C2CC=[N+]1CCCCCCCCC2. The number of hydrogen-bond donors (Lipinski definition) is 0. The summed E-state index contributed by atoms with van der Waals surface area (Å²) in [5.41, 5.74) is 1.66. The highest BCUT2D eigenvalue weighted by Crippen LogP contribution is 2.18. The zero-order valence-electron chi connectivity index (χ0n) is 9.17. The maximum atomic E-state index is 2.41. The Hall–Kier alpha value is -0.590. The van der Waals surface area contributed by atoms with Crippen LogP contribution >= 0.6 is 0 Å². The molecule has 0 amide bonds. The molecule has 2 aliphatic rings. The van der Waals surface area contributed by atoms with Gasteiger partial charge in [0, 0.05) is 12.0 Å². The molecule has 0 radical (unpaired) electrons. The molecule has 2 aliphatic heterocycles. The molecule has 2 bridgehead atoms. The van der Waals surface area contributed by atoms with Gasteiger partial charge in [-0.1, -0.05) is 25.7 Å². The lowest BCUT2D eigenvalue weighted by Gasteiger charge is -2.02. The monoisotopic (exact) mass is 192 g/mol. The normalized spacial score (nSPS) is 24.6. The van der Waals surface area contributed by atoms with Crippen molar-refractivity contribution in [2.24, 2.45) is 0 Å². The molecule has 0 fully saturated rings. The minimum Gasteiger partial charge on any atom is -0.209 e. The summed E-state index contributed by atoms with van der Waals surface area (Å²) >= 11 is 0. The van der Waals surface area contributed by atoms with Gasteiger partial charge in [-0.15, -0.1) is 0 Å². The predicted molar refractivity (Wildman–Crippen MR) is 60.8 cm³/mol. The highest BCUT2D eigenvalue weighted by molar-refractivity contribution is 5.58. The van der Waals surface area contributed by atoms with Crippen molar-refractivity contribution in [2.75, 3.05) is 6.54 Å². The molecule has 2 rings (SSSR count). The molecule has 2 heterocycles. The fourth-order valence-electron chi connectivity index (χ4n) is 2.43. The van der Waals surface area contributed by atoms with Gasteiger partial charge >= 0.3 is 0 Å². The highest BCUT2D eigenvalue weighted by atomic mass is 15.0. The third-order valence-electron chi connectivity index (χ3n) is 3.35. The first-order chi connectivity index (χ1) is 6.95. The number of hydrogen-bond acceptors (Lipinski definition) is 0. The Kier molecular flexibility index (Phi) is 3.79. The van der Waals surface area contributed by atoms with Crippen LogP contribution in [0.1, 0.15) is 57.8 Å². The number of fused-ring (bicyclic) bond motifs is 1. The Morgan fingerprint density at radius 1 is 0.857 bits per heavy atom. The van der Waals surface area contributed by atoms with E-state index in [0.29, 0.717) is 0 Å². The second-order valence-electron chi connectivity index (χ2n) is 4.64. The van der Waals surface area contributed by atoms with Crippen LogP contribution in [0.3, 0.4) is 0 Å². The molecule has 78 valence electrons. The van der Waals surface area contributed by atoms with Crippen molar-refractivity contribution >= 4 is 6.21 Å². The van der Waals surface area contributed by atoms with Crippen molar-refractivity contribution in [3.63, 3.8) is 0 Å². The van der Waals surface area contributed by atoms with Gasteiger partial charge in [0.05, 0.1) is 6.42 Å². The lowest BCUT2D eigenvalue weighted by atomic mass is 10.0. The molecule has 0 unspecified atom stereocenters. The third-order valence-corrected chi connectivity index (χ3v) is 3.35. The van der Waals surface area contributed by atoms with E-state index in [1.54, 1.807) is 5.57 Å². The zero-order valence-corrected chi connectivity index (χ0v) is 9.17. The van der Waals surface area contributed by atoms with Gasteiger partial charge in [-0.3, -0.25) is 0 Å². The fourth-order valence-corrected chi connectivity index (χ4v) is 2.43. The van der Waals surface area contributed by atoms with Gasteiger partial charge in [0.2, 0.25) is 0 Å². The molecule has 0 aliphatic carbocycles. The second-order valence-corrected chi connectivity index (χ2v) is 4.64. The maximum Gasteiger partial charge on any atom is 0.168 e. The van der Waals surface area contributed by atoms with E-state index in [9.17, 15) is 0 Å². The van der Waals surface area contributed by atoms with Gasteiger partial charge in [0.15, 0.2) is 6.20 Å². The average molecular weight is 192 g/mol. The molecule has 0 aromatic carbocycles. The summed E-state index contributed by atoms with van der Waals surface area (Å²) in [6.07, 6.45) is 17.3. The summed E-state index contributed by atoms with van der Waals surface area (Å²) in [5, 5.41) is 0. The molecule has 0 aromatic rings. The minimum absolute atomic E-state index is 1.22. The average Bonchev–Trinajstić information content (AvgIpc) is 2.61. The summed E-state index contributed by atoms with van der Waals surface area (Å²) in [5.74, 6) is 0. The van der Waals surface area contributed by atoms with Crippen LogP contribution in [0, 0.1) is 0 Å². The summed E-state index contributed by atoms with van der Waals surface area (Å²) < 4.78 is 2.41. The summed E-state index contributed by atoms with van der Waals surface area (Å²) in [6.45, 7) is 1.25. The standard InChI is InChI=1S/C13H22N/c1-2-4-6-8-13-9-11-14(12-13)10-7-5-3-1/h11-12H,1-10H2/q+1. The van der Waals surface area contributed by atoms with Crippen LogP contribution in [-0.2, 0) is 0 Å². The van der Waals surface area contributed by atoms with Crippen molar-refractivity contribution in [2.45, 2.75) is 57.8 Å². The molecular formula is C13H22N+. The van der Waals surface area contributed by atoms with Crippen LogP contribution in [0.5, 0.6) is 0 Å². The quantitative estimate of drug-likeness (QED) is 0.517. The lowest BCUT2D eigenvalue weighted by molar-refractivity contribution is -0.450. The summed E-state index contributed by atoms with van der Waals surface area (Å²) in [6, 6.07) is 0. The molecule has 0 saturated carbocycles. The summed E-state index contributed by atoms with van der Waals surface area (Å²) in [4.78, 5) is 0. The molecule has 0 atom stereocenters. The Bertz CT molecular complexity index is 238. The van der Waals surface area contributed by atoms with Crippen LogP contribution in [0.15, 0.2) is 11.8 Å². The Morgan fingerprint density at radius 2 is 1.57 bits per heavy atom. The van der Waals surface area contributed by atoms with Crippen molar-refractivity contribution in [3.05, 3.63) is 11.8 Å². The number of allylic oxidation sites excluding steroid dienone is 1. The van der Waals surface area contributed by atoms with E-state index in [2.05, 4.69) is 17.0 Å². The van der Waals surface area contributed by atoms with Crippen molar-refractivity contribution in [1.29, 1.82) is 0 Å². The second kappa shape index (κ2) is 5.33. The highest BCUT2D eigenvalue weighted by Gasteiger charge is 2.13. The largest absolute Gasteiger partial charge is 0.209 e. The van der Waals surface area contributed by atoms with Gasteiger partial charge in [-0.25, -0.2) is 4.58 Å². The van der Waals surface area contributed by atoms with Crippen LogP contribution in [0.2, 0.25) is 0 Å². The van der Waals surface area contributed by atoms with Gasteiger partial charge in [-0.05, 0) is 19.3 Å². The molecule has 0 N–H and O–H groups in total. The van der Waals surface area contributed by atoms with E-state index in [0.717, 1.165) is 0 Å². The van der Waals surface area contributed by atoms with E-state index >= 15 is 0 Å². The summed E-state index contributed by atoms with van der Waals surface area (Å²) in [7, 11) is 0. The zero-order chi connectivity index (χ0) is 9.64. The Labute approximate surface area is 87.5 Å². The topological polar surface area (TPSA) is 3.01 Å². The number of rotatable bonds is 0. The molecule has 1 nitrogen and oxygen atoms in total. The van der Waals surface area contributed by atoms with Crippen molar-refractivity contribution in [3.8, 4) is 0 Å². The smallest absolute Gasteiger partial charge is 0.168 e. The molecule has 0 saturated heterocycles. The molecule has 0 spiro atoms. The maximum absolute atomic E-state index is 2.41. The molecule has 0 aromatic heterocycles. The van der Waals surface area contributed by atoms with Crippen LogP contribution < -0.4 is 0 Å².